The van der Waals surface area contributed by atoms with E-state index in [4.69, 9.17) is 31.3 Å². The monoisotopic (exact) mass is 461 g/mol. The maximum Gasteiger partial charge on any atom is 0.236 e. The average Bonchev–Trinajstić information content (AvgIpc) is 2.82. The van der Waals surface area contributed by atoms with E-state index in [9.17, 15) is 0 Å². The number of rotatable bonds is 11. The van der Waals surface area contributed by atoms with Crippen molar-refractivity contribution in [3.05, 3.63) is 23.2 Å². The summed E-state index contributed by atoms with van der Waals surface area (Å²) in [7, 11) is 3.70. The van der Waals surface area contributed by atoms with E-state index in [1.807, 2.05) is 18.2 Å². The van der Waals surface area contributed by atoms with Crippen LogP contribution in [0.1, 0.15) is 46.0 Å². The number of hydrogen-bond donors (Lipinski definition) is 2. The zero-order valence-corrected chi connectivity index (χ0v) is 20.5. The van der Waals surface area contributed by atoms with Crippen molar-refractivity contribution in [2.75, 3.05) is 55.5 Å². The van der Waals surface area contributed by atoms with Crippen molar-refractivity contribution in [3.8, 4) is 5.75 Å². The fourth-order valence-corrected chi connectivity index (χ4v) is 4.09. The zero-order chi connectivity index (χ0) is 22.9. The highest BCUT2D eigenvalue weighted by Crippen LogP contribution is 2.32. The van der Waals surface area contributed by atoms with Crippen molar-refractivity contribution < 1.29 is 4.74 Å². The van der Waals surface area contributed by atoms with E-state index in [0.717, 1.165) is 64.0 Å². The zero-order valence-electron chi connectivity index (χ0n) is 19.7. The highest BCUT2D eigenvalue weighted by Gasteiger charge is 2.23. The maximum atomic E-state index is 6.43. The summed E-state index contributed by atoms with van der Waals surface area (Å²) in [5.74, 6) is 2.58. The molecule has 0 amide bonds. The third-order valence-corrected chi connectivity index (χ3v) is 6.03. The lowest BCUT2D eigenvalue weighted by atomic mass is 10.1. The van der Waals surface area contributed by atoms with E-state index in [2.05, 4.69) is 41.3 Å². The smallest absolute Gasteiger partial charge is 0.236 e. The van der Waals surface area contributed by atoms with Crippen LogP contribution < -0.4 is 25.2 Å². The van der Waals surface area contributed by atoms with Crippen LogP contribution in [0.2, 0.25) is 5.02 Å². The molecule has 8 nitrogen and oxygen atoms in total. The number of nitrogens with zero attached hydrogens (tertiary/aromatic N) is 5. The molecular weight excluding hydrogens is 426 g/mol. The number of methoxy groups -OCH3 is 1. The number of unbranched alkanes of at least 4 members (excludes halogenated alkanes) is 1. The molecule has 1 aromatic heterocycles. The van der Waals surface area contributed by atoms with Gasteiger partial charge in [-0.15, -0.1) is 0 Å². The Morgan fingerprint density at radius 2 is 1.88 bits per heavy atom. The van der Waals surface area contributed by atoms with Gasteiger partial charge in [0.1, 0.15) is 5.75 Å². The molecule has 2 heterocycles. The minimum absolute atomic E-state index is 0.407. The lowest BCUT2D eigenvalue weighted by Gasteiger charge is -2.32. The Morgan fingerprint density at radius 3 is 2.53 bits per heavy atom. The van der Waals surface area contributed by atoms with E-state index in [1.54, 1.807) is 7.11 Å². The minimum Gasteiger partial charge on any atom is -0.495 e. The molecule has 0 spiro atoms. The third kappa shape index (κ3) is 6.13. The molecule has 2 N–H and O–H groups in total. The van der Waals surface area contributed by atoms with Gasteiger partial charge in [0.2, 0.25) is 17.8 Å². The molecule has 1 aliphatic rings. The minimum atomic E-state index is 0.407. The van der Waals surface area contributed by atoms with Crippen LogP contribution in [0.25, 0.3) is 0 Å². The van der Waals surface area contributed by atoms with E-state index < -0.39 is 0 Å². The van der Waals surface area contributed by atoms with Crippen LogP contribution in [0.4, 0.5) is 23.5 Å². The van der Waals surface area contributed by atoms with Crippen molar-refractivity contribution >= 4 is 35.1 Å². The Hall–Kier alpha value is -2.32. The predicted octanol–water partition coefficient (Wildman–Crippen LogP) is 4.48. The first kappa shape index (κ1) is 24.3. The maximum absolute atomic E-state index is 6.43. The summed E-state index contributed by atoms with van der Waals surface area (Å²) in [5, 5.41) is 7.38. The number of benzene rings is 1. The van der Waals surface area contributed by atoms with Crippen LogP contribution in [0.15, 0.2) is 18.2 Å². The summed E-state index contributed by atoms with van der Waals surface area (Å²) < 4.78 is 5.32. The van der Waals surface area contributed by atoms with Gasteiger partial charge < -0.3 is 25.2 Å². The van der Waals surface area contributed by atoms with Gasteiger partial charge >= 0.3 is 0 Å². The second-order valence-electron chi connectivity index (χ2n) is 8.10. The standard InChI is InChI=1S/C23H36ClN7O/c1-5-7-12-26-21-27-22(30(3)17-10-13-25-14-11-17)29-23(28-21)31(15-6-2)18-8-9-20(32-4)19(24)16-18/h8-9,16-17,25H,5-7,10-15H2,1-4H3,(H,26,27,28,29). The van der Waals surface area contributed by atoms with Crippen molar-refractivity contribution in [1.82, 2.24) is 20.3 Å². The lowest BCUT2D eigenvalue weighted by Crippen LogP contribution is -2.42. The van der Waals surface area contributed by atoms with E-state index in [0.29, 0.717) is 34.7 Å². The van der Waals surface area contributed by atoms with Gasteiger partial charge in [-0.25, -0.2) is 0 Å². The quantitative estimate of drug-likeness (QED) is 0.474. The normalized spacial score (nSPS) is 14.3. The van der Waals surface area contributed by atoms with Gasteiger partial charge in [0.05, 0.1) is 12.1 Å². The highest BCUT2D eigenvalue weighted by molar-refractivity contribution is 6.32. The van der Waals surface area contributed by atoms with Gasteiger partial charge in [-0.1, -0.05) is 31.9 Å². The molecule has 0 radical (unpaired) electrons. The Balaban J connectivity index is 1.98. The first-order valence-corrected chi connectivity index (χ1v) is 12.0. The molecule has 0 atom stereocenters. The summed E-state index contributed by atoms with van der Waals surface area (Å²) in [5.41, 5.74) is 0.929. The van der Waals surface area contributed by atoms with Crippen molar-refractivity contribution in [3.63, 3.8) is 0 Å². The van der Waals surface area contributed by atoms with Crippen LogP contribution in [0.5, 0.6) is 5.75 Å². The molecule has 0 saturated carbocycles. The van der Waals surface area contributed by atoms with Crippen LogP contribution in [-0.2, 0) is 0 Å². The molecule has 3 rings (SSSR count). The number of aromatic nitrogens is 3. The van der Waals surface area contributed by atoms with Crippen molar-refractivity contribution in [2.45, 2.75) is 52.0 Å². The summed E-state index contributed by atoms with van der Waals surface area (Å²) in [6, 6.07) is 6.18. The van der Waals surface area contributed by atoms with E-state index in [1.165, 1.54) is 0 Å². The van der Waals surface area contributed by atoms with Crippen LogP contribution in [-0.4, -0.2) is 61.3 Å². The topological polar surface area (TPSA) is 78.4 Å². The van der Waals surface area contributed by atoms with E-state index >= 15 is 0 Å². The van der Waals surface area contributed by atoms with Crippen LogP contribution in [0.3, 0.4) is 0 Å². The molecule has 0 bridgehead atoms. The van der Waals surface area contributed by atoms with Gasteiger partial charge in [-0.3, -0.25) is 0 Å². The summed E-state index contributed by atoms with van der Waals surface area (Å²) in [4.78, 5) is 18.7. The van der Waals surface area contributed by atoms with Crippen LogP contribution >= 0.6 is 11.6 Å². The number of hydrogen-bond acceptors (Lipinski definition) is 8. The third-order valence-electron chi connectivity index (χ3n) is 5.73. The summed E-state index contributed by atoms with van der Waals surface area (Å²) in [6.07, 6.45) is 5.26. The van der Waals surface area contributed by atoms with Gasteiger partial charge in [0.15, 0.2) is 0 Å². The predicted molar refractivity (Wildman–Crippen MR) is 133 cm³/mol. The molecule has 176 valence electrons. The molecule has 1 saturated heterocycles. The van der Waals surface area contributed by atoms with Crippen molar-refractivity contribution in [2.24, 2.45) is 0 Å². The Morgan fingerprint density at radius 1 is 1.12 bits per heavy atom. The summed E-state index contributed by atoms with van der Waals surface area (Å²) in [6.45, 7) is 7.94. The molecule has 1 aromatic carbocycles. The first-order chi connectivity index (χ1) is 15.6. The average molecular weight is 462 g/mol. The van der Waals surface area contributed by atoms with Crippen molar-refractivity contribution in [1.29, 1.82) is 0 Å². The molecule has 2 aromatic rings. The number of piperidine rings is 1. The lowest BCUT2D eigenvalue weighted by molar-refractivity contribution is 0.415. The number of nitrogens with one attached hydrogen (secondary N) is 2. The number of halogens is 1. The molecule has 9 heteroatoms. The highest BCUT2D eigenvalue weighted by atomic mass is 35.5. The second-order valence-corrected chi connectivity index (χ2v) is 8.51. The molecular formula is C23H36ClN7O. The number of anilines is 4. The largest absolute Gasteiger partial charge is 0.495 e. The first-order valence-electron chi connectivity index (χ1n) is 11.6. The molecule has 0 aliphatic carbocycles. The van der Waals surface area contributed by atoms with E-state index in [-0.39, 0.29) is 0 Å². The molecule has 32 heavy (non-hydrogen) atoms. The number of ether oxygens (including phenoxy) is 1. The molecule has 1 aliphatic heterocycles. The van der Waals surface area contributed by atoms with Crippen LogP contribution in [0, 0.1) is 0 Å². The second kappa shape index (κ2) is 12.1. The summed E-state index contributed by atoms with van der Waals surface area (Å²) >= 11 is 6.43. The van der Waals surface area contributed by atoms with Gasteiger partial charge in [-0.2, -0.15) is 15.0 Å². The molecule has 0 unspecified atom stereocenters. The fraction of sp³-hybridized carbons (Fsp3) is 0.609. The SMILES string of the molecule is CCCCNc1nc(N(CCC)c2ccc(OC)c(Cl)c2)nc(N(C)C2CCNCC2)n1. The van der Waals surface area contributed by atoms with Gasteiger partial charge in [0, 0.05) is 31.9 Å². The molecule has 1 fully saturated rings. The Bertz CT molecular complexity index is 860. The van der Waals surface area contributed by atoms with Gasteiger partial charge in [0.25, 0.3) is 0 Å². The van der Waals surface area contributed by atoms with Gasteiger partial charge in [-0.05, 0) is 57.0 Å². The fourth-order valence-electron chi connectivity index (χ4n) is 3.84. The Kier molecular flexibility index (Phi) is 9.17. The Labute approximate surface area is 196 Å².